The molecule has 0 heterocycles. The second-order valence-electron chi connectivity index (χ2n) is 3.25. The average molecular weight is 198 g/mol. The minimum Gasteiger partial charge on any atom is -0.478 e. The molecule has 0 aliphatic rings. The lowest BCUT2D eigenvalue weighted by Crippen LogP contribution is -1.85. The van der Waals surface area contributed by atoms with Crippen molar-refractivity contribution in [2.24, 2.45) is 0 Å². The van der Waals surface area contributed by atoms with Crippen molar-refractivity contribution >= 4 is 12.3 Å². The molecule has 0 fully saturated rings. The Kier molecular flexibility index (Phi) is 9.17. The Morgan fingerprint density at radius 1 is 1.00 bits per heavy atom. The summed E-state index contributed by atoms with van der Waals surface area (Å²) in [5, 5.41) is 8.29. The molecule has 1 N–H and O–H groups in total. The topological polar surface area (TPSA) is 54.4 Å². The third-order valence-electron chi connectivity index (χ3n) is 1.95. The van der Waals surface area contributed by atoms with Crippen LogP contribution in [0.4, 0.5) is 0 Å². The first-order valence-electron chi connectivity index (χ1n) is 5.10. The second-order valence-corrected chi connectivity index (χ2v) is 3.25. The zero-order chi connectivity index (χ0) is 10.6. The van der Waals surface area contributed by atoms with Crippen molar-refractivity contribution < 1.29 is 14.7 Å². The van der Waals surface area contributed by atoms with Gasteiger partial charge in [-0.15, -0.1) is 0 Å². The van der Waals surface area contributed by atoms with Crippen molar-refractivity contribution in [2.45, 2.75) is 44.9 Å². The van der Waals surface area contributed by atoms with Gasteiger partial charge in [0, 0.05) is 12.5 Å². The van der Waals surface area contributed by atoms with Gasteiger partial charge < -0.3 is 9.90 Å². The summed E-state index contributed by atoms with van der Waals surface area (Å²) in [7, 11) is 0. The van der Waals surface area contributed by atoms with E-state index in [2.05, 4.69) is 0 Å². The molecule has 0 aliphatic carbocycles. The Labute approximate surface area is 84.8 Å². The molecule has 0 aromatic heterocycles. The molecule has 0 bridgehead atoms. The van der Waals surface area contributed by atoms with Crippen LogP contribution in [0.2, 0.25) is 0 Å². The van der Waals surface area contributed by atoms with Gasteiger partial charge in [0.25, 0.3) is 0 Å². The summed E-state index contributed by atoms with van der Waals surface area (Å²) in [4.78, 5) is 20.1. The summed E-state index contributed by atoms with van der Waals surface area (Å²) in [5.41, 5.74) is 0. The van der Waals surface area contributed by atoms with Gasteiger partial charge in [0.15, 0.2) is 0 Å². The Hall–Kier alpha value is -1.12. The number of carboxylic acids is 1. The summed E-state index contributed by atoms with van der Waals surface area (Å²) >= 11 is 0. The normalized spacial score (nSPS) is 10.6. The lowest BCUT2D eigenvalue weighted by atomic mass is 10.1. The van der Waals surface area contributed by atoms with Crippen LogP contribution in [-0.2, 0) is 9.59 Å². The fourth-order valence-electron chi connectivity index (χ4n) is 1.20. The molecule has 0 atom stereocenters. The highest BCUT2D eigenvalue weighted by atomic mass is 16.4. The van der Waals surface area contributed by atoms with Crippen molar-refractivity contribution in [3.8, 4) is 0 Å². The maximum absolute atomic E-state index is 10.1. The number of carboxylic acid groups (broad SMARTS) is 1. The Morgan fingerprint density at radius 2 is 1.57 bits per heavy atom. The number of unbranched alkanes of at least 4 members (excludes halogenated alkanes) is 6. The van der Waals surface area contributed by atoms with E-state index in [4.69, 9.17) is 5.11 Å². The molecule has 0 unspecified atom stereocenters. The maximum atomic E-state index is 10.1. The number of aldehydes is 1. The van der Waals surface area contributed by atoms with E-state index in [0.717, 1.165) is 44.8 Å². The summed E-state index contributed by atoms with van der Waals surface area (Å²) in [6.45, 7) is 0. The van der Waals surface area contributed by atoms with Gasteiger partial charge in [-0.2, -0.15) is 0 Å². The van der Waals surface area contributed by atoms with Gasteiger partial charge in [-0.25, -0.2) is 4.79 Å². The number of carbonyl (C=O) groups is 2. The van der Waals surface area contributed by atoms with Crippen LogP contribution < -0.4 is 0 Å². The largest absolute Gasteiger partial charge is 0.478 e. The van der Waals surface area contributed by atoms with Gasteiger partial charge in [0.2, 0.25) is 0 Å². The molecule has 0 aromatic carbocycles. The van der Waals surface area contributed by atoms with E-state index < -0.39 is 5.97 Å². The standard InChI is InChI=1S/C11H18O3/c12-10-8-6-4-2-1-3-5-7-9-11(13)14/h7,9-10H,1-6,8H2,(H,13,14). The van der Waals surface area contributed by atoms with Crippen LogP contribution >= 0.6 is 0 Å². The molecular formula is C11H18O3. The van der Waals surface area contributed by atoms with Crippen LogP contribution in [0.1, 0.15) is 44.9 Å². The number of hydrogen-bond acceptors (Lipinski definition) is 2. The summed E-state index contributed by atoms with van der Waals surface area (Å²) in [6.07, 6.45) is 10.7. The number of hydrogen-bond donors (Lipinski definition) is 1. The first kappa shape index (κ1) is 12.9. The SMILES string of the molecule is O=CCCCCCCCC=CC(=O)O. The molecule has 0 amide bonds. The Balaban J connectivity index is 3.06. The third kappa shape index (κ3) is 10.9. The highest BCUT2D eigenvalue weighted by Crippen LogP contribution is 2.06. The van der Waals surface area contributed by atoms with Crippen molar-refractivity contribution in [1.82, 2.24) is 0 Å². The smallest absolute Gasteiger partial charge is 0.327 e. The molecule has 0 saturated carbocycles. The molecule has 0 aromatic rings. The quantitative estimate of drug-likeness (QED) is 0.352. The first-order chi connectivity index (χ1) is 6.77. The van der Waals surface area contributed by atoms with Crippen LogP contribution in [0.3, 0.4) is 0 Å². The van der Waals surface area contributed by atoms with Crippen LogP contribution in [0.15, 0.2) is 12.2 Å². The van der Waals surface area contributed by atoms with Crippen LogP contribution in [0.5, 0.6) is 0 Å². The summed E-state index contributed by atoms with van der Waals surface area (Å²) in [6, 6.07) is 0. The van der Waals surface area contributed by atoms with Gasteiger partial charge >= 0.3 is 5.97 Å². The van der Waals surface area contributed by atoms with E-state index in [1.54, 1.807) is 6.08 Å². The van der Waals surface area contributed by atoms with E-state index in [1.807, 2.05) is 0 Å². The van der Waals surface area contributed by atoms with Crippen LogP contribution in [0.25, 0.3) is 0 Å². The van der Waals surface area contributed by atoms with E-state index in [-0.39, 0.29) is 0 Å². The summed E-state index contributed by atoms with van der Waals surface area (Å²) in [5.74, 6) is -0.879. The van der Waals surface area contributed by atoms with Gasteiger partial charge in [-0.05, 0) is 19.3 Å². The van der Waals surface area contributed by atoms with Crippen molar-refractivity contribution in [3.05, 3.63) is 12.2 Å². The Morgan fingerprint density at radius 3 is 2.14 bits per heavy atom. The van der Waals surface area contributed by atoms with Crippen molar-refractivity contribution in [3.63, 3.8) is 0 Å². The van der Waals surface area contributed by atoms with Gasteiger partial charge in [-0.3, -0.25) is 0 Å². The van der Waals surface area contributed by atoms with Crippen molar-refractivity contribution in [1.29, 1.82) is 0 Å². The number of carbonyl (C=O) groups excluding carboxylic acids is 1. The lowest BCUT2D eigenvalue weighted by Gasteiger charge is -1.96. The van der Waals surface area contributed by atoms with E-state index in [0.29, 0.717) is 6.42 Å². The third-order valence-corrected chi connectivity index (χ3v) is 1.95. The van der Waals surface area contributed by atoms with Gasteiger partial charge in [0.05, 0.1) is 0 Å². The molecule has 80 valence electrons. The molecule has 14 heavy (non-hydrogen) atoms. The minimum atomic E-state index is -0.879. The molecule has 0 rings (SSSR count). The van der Waals surface area contributed by atoms with Crippen molar-refractivity contribution in [2.75, 3.05) is 0 Å². The number of rotatable bonds is 9. The molecule has 0 spiro atoms. The molecule has 0 aliphatic heterocycles. The monoisotopic (exact) mass is 198 g/mol. The molecule has 0 radical (unpaired) electrons. The van der Waals surface area contributed by atoms with Gasteiger partial charge in [-0.1, -0.05) is 25.3 Å². The fraction of sp³-hybridized carbons (Fsp3) is 0.636. The highest BCUT2D eigenvalue weighted by molar-refractivity contribution is 5.79. The zero-order valence-electron chi connectivity index (χ0n) is 8.45. The van der Waals surface area contributed by atoms with Gasteiger partial charge in [0.1, 0.15) is 6.29 Å². The van der Waals surface area contributed by atoms with E-state index in [1.165, 1.54) is 6.08 Å². The highest BCUT2D eigenvalue weighted by Gasteiger charge is 1.90. The molecular weight excluding hydrogens is 180 g/mol. The molecule has 0 saturated heterocycles. The molecule has 3 nitrogen and oxygen atoms in total. The average Bonchev–Trinajstić information content (AvgIpc) is 2.15. The van der Waals surface area contributed by atoms with Crippen LogP contribution in [-0.4, -0.2) is 17.4 Å². The first-order valence-corrected chi connectivity index (χ1v) is 5.10. The minimum absolute atomic E-state index is 0.666. The van der Waals surface area contributed by atoms with E-state index >= 15 is 0 Å². The molecule has 3 heteroatoms. The number of allylic oxidation sites excluding steroid dienone is 1. The fourth-order valence-corrected chi connectivity index (χ4v) is 1.20. The van der Waals surface area contributed by atoms with Crippen LogP contribution in [0, 0.1) is 0 Å². The summed E-state index contributed by atoms with van der Waals surface area (Å²) < 4.78 is 0. The second kappa shape index (κ2) is 9.96. The lowest BCUT2D eigenvalue weighted by molar-refractivity contribution is -0.131. The van der Waals surface area contributed by atoms with E-state index in [9.17, 15) is 9.59 Å². The maximum Gasteiger partial charge on any atom is 0.327 e. The Bertz CT molecular complexity index is 185. The number of aliphatic carboxylic acids is 1. The zero-order valence-corrected chi connectivity index (χ0v) is 8.45. The predicted molar refractivity (Wildman–Crippen MR) is 55.2 cm³/mol. The predicted octanol–water partition coefficient (Wildman–Crippen LogP) is 2.56.